The van der Waals surface area contributed by atoms with Crippen LogP contribution in [0.25, 0.3) is 5.69 Å². The second-order valence-corrected chi connectivity index (χ2v) is 5.24. The highest BCUT2D eigenvalue weighted by atomic mass is 32.2. The van der Waals surface area contributed by atoms with Crippen LogP contribution in [0.3, 0.4) is 0 Å². The Morgan fingerprint density at radius 3 is 2.83 bits per heavy atom. The smallest absolute Gasteiger partial charge is 0.169 e. The zero-order valence-corrected chi connectivity index (χ0v) is 11.3. The lowest BCUT2D eigenvalue weighted by molar-refractivity contribution is 0.218. The third-order valence-electron chi connectivity index (χ3n) is 2.51. The maximum absolute atomic E-state index is 5.05. The number of hydrogen-bond acceptors (Lipinski definition) is 5. The van der Waals surface area contributed by atoms with Crippen LogP contribution in [-0.2, 0) is 4.74 Å². The van der Waals surface area contributed by atoms with Crippen molar-refractivity contribution in [3.8, 4) is 5.69 Å². The molecule has 0 N–H and O–H groups in total. The molecule has 1 aromatic carbocycles. The van der Waals surface area contributed by atoms with Crippen molar-refractivity contribution < 1.29 is 4.74 Å². The van der Waals surface area contributed by atoms with Crippen LogP contribution in [0.1, 0.15) is 18.0 Å². The number of aromatic nitrogens is 4. The normalized spacial score (nSPS) is 12.6. The zero-order chi connectivity index (χ0) is 12.8. The number of nitrogens with zero attached hydrogens (tertiary/aromatic N) is 4. The van der Waals surface area contributed by atoms with E-state index in [1.54, 1.807) is 23.6 Å². The van der Waals surface area contributed by atoms with E-state index < -0.39 is 0 Å². The first kappa shape index (κ1) is 13.0. The molecule has 5 nitrogen and oxygen atoms in total. The fourth-order valence-electron chi connectivity index (χ4n) is 1.58. The van der Waals surface area contributed by atoms with Crippen molar-refractivity contribution in [2.24, 2.45) is 0 Å². The first-order chi connectivity index (χ1) is 8.83. The molecule has 0 aliphatic carbocycles. The minimum absolute atomic E-state index is 0.232. The van der Waals surface area contributed by atoms with Crippen molar-refractivity contribution in [2.75, 3.05) is 19.5 Å². The Morgan fingerprint density at radius 2 is 2.11 bits per heavy atom. The Kier molecular flexibility index (Phi) is 4.72. The molecule has 1 heterocycles. The van der Waals surface area contributed by atoms with E-state index >= 15 is 0 Å². The summed E-state index contributed by atoms with van der Waals surface area (Å²) in [4.78, 5) is 0. The molecule has 2 rings (SSSR count). The van der Waals surface area contributed by atoms with Crippen molar-refractivity contribution in [2.45, 2.75) is 12.2 Å². The average molecular weight is 264 g/mol. The van der Waals surface area contributed by atoms with Crippen LogP contribution in [0.2, 0.25) is 0 Å². The van der Waals surface area contributed by atoms with Gasteiger partial charge in [-0.3, -0.25) is 0 Å². The highest BCUT2D eigenvalue weighted by molar-refractivity contribution is 7.99. The van der Waals surface area contributed by atoms with Gasteiger partial charge in [-0.2, -0.15) is 4.68 Å². The number of rotatable bonds is 6. The largest absolute Gasteiger partial charge is 0.384 e. The number of tetrazole rings is 1. The Hall–Kier alpha value is -1.40. The van der Waals surface area contributed by atoms with Gasteiger partial charge in [-0.1, -0.05) is 18.2 Å². The van der Waals surface area contributed by atoms with Gasteiger partial charge < -0.3 is 4.74 Å². The number of ether oxygens (including phenoxy) is 1. The minimum atomic E-state index is 0.232. The lowest BCUT2D eigenvalue weighted by atomic mass is 10.3. The number of benzene rings is 1. The summed E-state index contributed by atoms with van der Waals surface area (Å²) < 4.78 is 6.83. The maximum Gasteiger partial charge on any atom is 0.169 e. The molecule has 0 amide bonds. The Labute approximate surface area is 111 Å². The highest BCUT2D eigenvalue weighted by Crippen LogP contribution is 2.27. The van der Waals surface area contributed by atoms with Crippen molar-refractivity contribution in [1.29, 1.82) is 0 Å². The SMILES string of the molecule is COCCS[C@H](C)c1nnnn1-c1ccccc1. The van der Waals surface area contributed by atoms with Crippen LogP contribution in [-0.4, -0.2) is 39.7 Å². The van der Waals surface area contributed by atoms with Crippen LogP contribution in [0.15, 0.2) is 30.3 Å². The van der Waals surface area contributed by atoms with Gasteiger partial charge in [0.15, 0.2) is 5.82 Å². The van der Waals surface area contributed by atoms with E-state index in [-0.39, 0.29) is 5.25 Å². The first-order valence-electron chi connectivity index (χ1n) is 5.77. The van der Waals surface area contributed by atoms with Gasteiger partial charge in [0.05, 0.1) is 17.5 Å². The second kappa shape index (κ2) is 6.51. The molecule has 0 spiro atoms. The van der Waals surface area contributed by atoms with Gasteiger partial charge in [0, 0.05) is 12.9 Å². The Bertz CT molecular complexity index is 474. The van der Waals surface area contributed by atoms with Crippen LogP contribution >= 0.6 is 11.8 Å². The number of methoxy groups -OCH3 is 1. The fraction of sp³-hybridized carbons (Fsp3) is 0.417. The predicted molar refractivity (Wildman–Crippen MR) is 71.9 cm³/mol. The topological polar surface area (TPSA) is 52.8 Å². The van der Waals surface area contributed by atoms with E-state index in [0.29, 0.717) is 0 Å². The summed E-state index contributed by atoms with van der Waals surface area (Å²) in [7, 11) is 1.71. The Balaban J connectivity index is 2.12. The van der Waals surface area contributed by atoms with Crippen LogP contribution in [0.4, 0.5) is 0 Å². The van der Waals surface area contributed by atoms with Crippen LogP contribution < -0.4 is 0 Å². The molecule has 0 saturated carbocycles. The molecular formula is C12H16N4OS. The van der Waals surface area contributed by atoms with Crippen molar-refractivity contribution in [1.82, 2.24) is 20.2 Å². The molecule has 18 heavy (non-hydrogen) atoms. The minimum Gasteiger partial charge on any atom is -0.384 e. The third kappa shape index (κ3) is 3.08. The molecule has 0 saturated heterocycles. The lowest BCUT2D eigenvalue weighted by Crippen LogP contribution is -2.06. The molecular weight excluding hydrogens is 248 g/mol. The molecule has 0 bridgehead atoms. The molecule has 0 aliphatic heterocycles. The van der Waals surface area contributed by atoms with E-state index in [1.807, 2.05) is 30.3 Å². The van der Waals surface area contributed by atoms with Gasteiger partial charge in [0.1, 0.15) is 0 Å². The monoisotopic (exact) mass is 264 g/mol. The van der Waals surface area contributed by atoms with E-state index in [9.17, 15) is 0 Å². The molecule has 96 valence electrons. The van der Waals surface area contributed by atoms with E-state index in [0.717, 1.165) is 23.9 Å². The quantitative estimate of drug-likeness (QED) is 0.748. The van der Waals surface area contributed by atoms with Crippen LogP contribution in [0, 0.1) is 0 Å². The molecule has 0 unspecified atom stereocenters. The van der Waals surface area contributed by atoms with Gasteiger partial charge >= 0.3 is 0 Å². The summed E-state index contributed by atoms with van der Waals surface area (Å²) in [6.45, 7) is 2.84. The molecule has 1 aromatic heterocycles. The van der Waals surface area contributed by atoms with E-state index in [1.165, 1.54) is 0 Å². The number of thioether (sulfide) groups is 1. The van der Waals surface area contributed by atoms with Crippen LogP contribution in [0.5, 0.6) is 0 Å². The first-order valence-corrected chi connectivity index (χ1v) is 6.82. The Morgan fingerprint density at radius 1 is 1.33 bits per heavy atom. The molecule has 0 radical (unpaired) electrons. The van der Waals surface area contributed by atoms with Gasteiger partial charge in [0.25, 0.3) is 0 Å². The summed E-state index contributed by atoms with van der Waals surface area (Å²) in [5, 5.41) is 12.2. The molecule has 6 heteroatoms. The summed E-state index contributed by atoms with van der Waals surface area (Å²) in [6, 6.07) is 9.91. The van der Waals surface area contributed by atoms with E-state index in [4.69, 9.17) is 4.74 Å². The summed E-state index contributed by atoms with van der Waals surface area (Å²) in [5.41, 5.74) is 0.983. The molecule has 0 aliphatic rings. The van der Waals surface area contributed by atoms with Crippen molar-refractivity contribution >= 4 is 11.8 Å². The molecule has 2 aromatic rings. The fourth-order valence-corrected chi connectivity index (χ4v) is 2.50. The summed E-state index contributed by atoms with van der Waals surface area (Å²) >= 11 is 1.78. The van der Waals surface area contributed by atoms with Gasteiger partial charge in [-0.15, -0.1) is 16.9 Å². The van der Waals surface area contributed by atoms with Gasteiger partial charge in [-0.05, 0) is 29.5 Å². The predicted octanol–water partition coefficient (Wildman–Crippen LogP) is 2.10. The standard InChI is InChI=1S/C12H16N4OS/c1-10(18-9-8-17-2)12-13-14-15-16(12)11-6-4-3-5-7-11/h3-7,10H,8-9H2,1-2H3/t10-/m1/s1. The molecule has 0 fully saturated rings. The maximum atomic E-state index is 5.05. The molecule has 1 atom stereocenters. The van der Waals surface area contributed by atoms with Gasteiger partial charge in [0.2, 0.25) is 0 Å². The average Bonchev–Trinajstić information content (AvgIpc) is 2.89. The van der Waals surface area contributed by atoms with Crippen molar-refractivity contribution in [3.05, 3.63) is 36.2 Å². The number of hydrogen-bond donors (Lipinski definition) is 0. The van der Waals surface area contributed by atoms with Crippen molar-refractivity contribution in [3.63, 3.8) is 0 Å². The third-order valence-corrected chi connectivity index (χ3v) is 3.63. The number of para-hydroxylation sites is 1. The van der Waals surface area contributed by atoms with E-state index in [2.05, 4.69) is 22.4 Å². The highest BCUT2D eigenvalue weighted by Gasteiger charge is 2.15. The summed E-state index contributed by atoms with van der Waals surface area (Å²) in [5.74, 6) is 1.79. The summed E-state index contributed by atoms with van der Waals surface area (Å²) in [6.07, 6.45) is 0. The van der Waals surface area contributed by atoms with Gasteiger partial charge in [-0.25, -0.2) is 0 Å². The zero-order valence-electron chi connectivity index (χ0n) is 10.5. The lowest BCUT2D eigenvalue weighted by Gasteiger charge is -2.10. The second-order valence-electron chi connectivity index (χ2n) is 3.79.